The molecule has 2 heterocycles. The second-order valence-electron chi connectivity index (χ2n) is 6.84. The molecule has 2 fully saturated rings. The Bertz CT molecular complexity index is 602. The molecule has 2 saturated heterocycles. The third kappa shape index (κ3) is 5.90. The zero-order valence-corrected chi connectivity index (χ0v) is 16.5. The zero-order chi connectivity index (χ0) is 20.8. The number of carbonyl (C=O) groups excluding carboxylic acids is 4. The maximum Gasteiger partial charge on any atom is 0.304 e. The average molecular weight is 401 g/mol. The molecule has 0 spiro atoms. The highest BCUT2D eigenvalue weighted by Crippen LogP contribution is 2.32. The number of likely N-dealkylation sites (tertiary alicyclic amines) is 1. The van der Waals surface area contributed by atoms with Crippen molar-refractivity contribution < 1.29 is 42.9 Å². The first-order valence-electron chi connectivity index (χ1n) is 9.23. The summed E-state index contributed by atoms with van der Waals surface area (Å²) in [6.45, 7) is 6.04. The van der Waals surface area contributed by atoms with Crippen LogP contribution in [0.5, 0.6) is 0 Å². The Hall–Kier alpha value is -2.20. The molecular formula is C18H27NO9. The van der Waals surface area contributed by atoms with Gasteiger partial charge in [-0.3, -0.25) is 24.1 Å². The van der Waals surface area contributed by atoms with Crippen molar-refractivity contribution in [1.29, 1.82) is 0 Å². The van der Waals surface area contributed by atoms with Crippen molar-refractivity contribution in [2.75, 3.05) is 19.7 Å². The molecule has 5 unspecified atom stereocenters. The van der Waals surface area contributed by atoms with Gasteiger partial charge in [-0.25, -0.2) is 0 Å². The molecule has 0 aromatic rings. The van der Waals surface area contributed by atoms with Crippen molar-refractivity contribution in [2.24, 2.45) is 0 Å². The third-order valence-electron chi connectivity index (χ3n) is 4.51. The number of esters is 4. The topological polar surface area (TPSA) is 118 Å². The number of carbonyl (C=O) groups is 4. The summed E-state index contributed by atoms with van der Waals surface area (Å²) in [6.07, 6.45) is -2.19. The summed E-state index contributed by atoms with van der Waals surface area (Å²) in [5, 5.41) is 0. The lowest BCUT2D eigenvalue weighted by Crippen LogP contribution is -2.66. The maximum absolute atomic E-state index is 11.8. The Morgan fingerprint density at radius 1 is 0.821 bits per heavy atom. The molecule has 0 aliphatic carbocycles. The first-order chi connectivity index (χ1) is 13.2. The molecule has 0 N–H and O–H groups in total. The van der Waals surface area contributed by atoms with Crippen LogP contribution in [-0.2, 0) is 42.9 Å². The van der Waals surface area contributed by atoms with E-state index < -0.39 is 54.5 Å². The highest BCUT2D eigenvalue weighted by molar-refractivity contribution is 5.68. The van der Waals surface area contributed by atoms with Gasteiger partial charge >= 0.3 is 23.9 Å². The minimum atomic E-state index is -1.08. The molecule has 0 aromatic heterocycles. The van der Waals surface area contributed by atoms with Gasteiger partial charge in [0.2, 0.25) is 6.29 Å². The molecule has 0 bridgehead atoms. The van der Waals surface area contributed by atoms with E-state index in [1.165, 1.54) is 27.7 Å². The van der Waals surface area contributed by atoms with E-state index in [1.807, 2.05) is 4.90 Å². The van der Waals surface area contributed by atoms with Gasteiger partial charge < -0.3 is 23.7 Å². The SMILES string of the molecule is CC(=O)OCC1OC(OC(C)=O)C(N2CCCC2)C(OC(C)=O)C1OC(C)=O. The molecule has 0 aromatic carbocycles. The maximum atomic E-state index is 11.8. The fourth-order valence-electron chi connectivity index (χ4n) is 3.57. The molecule has 2 aliphatic rings. The van der Waals surface area contributed by atoms with Crippen molar-refractivity contribution in [2.45, 2.75) is 71.2 Å². The third-order valence-corrected chi connectivity index (χ3v) is 4.51. The van der Waals surface area contributed by atoms with E-state index in [2.05, 4.69) is 0 Å². The first-order valence-corrected chi connectivity index (χ1v) is 9.23. The molecule has 2 rings (SSSR count). The predicted octanol–water partition coefficient (Wildman–Crippen LogP) is 0.165. The lowest BCUT2D eigenvalue weighted by atomic mass is 9.95. The van der Waals surface area contributed by atoms with Gasteiger partial charge in [0.15, 0.2) is 12.2 Å². The highest BCUT2D eigenvalue weighted by Gasteiger charge is 2.54. The molecule has 0 saturated carbocycles. The monoisotopic (exact) mass is 401 g/mol. The van der Waals surface area contributed by atoms with E-state index in [0.717, 1.165) is 12.8 Å². The fourth-order valence-corrected chi connectivity index (χ4v) is 3.57. The molecule has 2 aliphatic heterocycles. The van der Waals surface area contributed by atoms with E-state index >= 15 is 0 Å². The van der Waals surface area contributed by atoms with Crippen LogP contribution in [0.25, 0.3) is 0 Å². The average Bonchev–Trinajstić information content (AvgIpc) is 3.08. The van der Waals surface area contributed by atoms with Crippen molar-refractivity contribution in [1.82, 2.24) is 4.90 Å². The van der Waals surface area contributed by atoms with E-state index in [1.54, 1.807) is 0 Å². The number of hydrogen-bond donors (Lipinski definition) is 0. The van der Waals surface area contributed by atoms with Crippen LogP contribution < -0.4 is 0 Å². The van der Waals surface area contributed by atoms with Crippen LogP contribution in [-0.4, -0.2) is 79.1 Å². The number of rotatable bonds is 6. The summed E-state index contributed by atoms with van der Waals surface area (Å²) in [4.78, 5) is 48.3. The Morgan fingerprint density at radius 3 is 1.86 bits per heavy atom. The number of nitrogens with zero attached hydrogens (tertiary/aromatic N) is 1. The van der Waals surface area contributed by atoms with Gasteiger partial charge in [0.1, 0.15) is 18.8 Å². The second-order valence-corrected chi connectivity index (χ2v) is 6.84. The van der Waals surface area contributed by atoms with Crippen LogP contribution in [0, 0.1) is 0 Å². The lowest BCUT2D eigenvalue weighted by Gasteiger charge is -2.47. The van der Waals surface area contributed by atoms with Crippen LogP contribution in [0.1, 0.15) is 40.5 Å². The Morgan fingerprint density at radius 2 is 1.36 bits per heavy atom. The number of hydrogen-bond acceptors (Lipinski definition) is 10. The van der Waals surface area contributed by atoms with Crippen molar-refractivity contribution in [3.05, 3.63) is 0 Å². The Balaban J connectivity index is 2.39. The fraction of sp³-hybridized carbons (Fsp3) is 0.778. The standard InChI is InChI=1S/C18H27NO9/c1-10(20)24-9-14-16(25-11(2)21)17(26-12(3)22)15(19-7-5-6-8-19)18(28-14)27-13(4)23/h14-18H,5-9H2,1-4H3. The van der Waals surface area contributed by atoms with Crippen LogP contribution >= 0.6 is 0 Å². The number of ether oxygens (including phenoxy) is 5. The summed E-state index contributed by atoms with van der Waals surface area (Å²) in [5.41, 5.74) is 0. The quantitative estimate of drug-likeness (QED) is 0.450. The highest BCUT2D eigenvalue weighted by atomic mass is 16.7. The largest absolute Gasteiger partial charge is 0.463 e. The van der Waals surface area contributed by atoms with Gasteiger partial charge in [0.25, 0.3) is 0 Å². The normalized spacial score (nSPS) is 30.4. The van der Waals surface area contributed by atoms with Crippen LogP contribution in [0.4, 0.5) is 0 Å². The lowest BCUT2D eigenvalue weighted by molar-refractivity contribution is -0.284. The van der Waals surface area contributed by atoms with E-state index in [4.69, 9.17) is 23.7 Å². The minimum Gasteiger partial charge on any atom is -0.463 e. The smallest absolute Gasteiger partial charge is 0.304 e. The molecular weight excluding hydrogens is 374 g/mol. The molecule has 158 valence electrons. The van der Waals surface area contributed by atoms with Gasteiger partial charge in [0.05, 0.1) is 0 Å². The van der Waals surface area contributed by atoms with Crippen molar-refractivity contribution in [3.8, 4) is 0 Å². The van der Waals surface area contributed by atoms with Crippen LogP contribution in [0.2, 0.25) is 0 Å². The van der Waals surface area contributed by atoms with Crippen molar-refractivity contribution in [3.63, 3.8) is 0 Å². The summed E-state index contributed by atoms with van der Waals surface area (Å²) in [7, 11) is 0. The summed E-state index contributed by atoms with van der Waals surface area (Å²) in [5.74, 6) is -2.32. The zero-order valence-electron chi connectivity index (χ0n) is 16.5. The predicted molar refractivity (Wildman–Crippen MR) is 92.8 cm³/mol. The molecule has 0 radical (unpaired) electrons. The minimum absolute atomic E-state index is 0.254. The van der Waals surface area contributed by atoms with Gasteiger partial charge in [-0.2, -0.15) is 0 Å². The Labute approximate surface area is 163 Å². The van der Waals surface area contributed by atoms with E-state index in [-0.39, 0.29) is 6.61 Å². The van der Waals surface area contributed by atoms with Gasteiger partial charge in [-0.05, 0) is 25.9 Å². The summed E-state index contributed by atoms with van der Waals surface area (Å²) >= 11 is 0. The van der Waals surface area contributed by atoms with Crippen LogP contribution in [0.15, 0.2) is 0 Å². The van der Waals surface area contributed by atoms with Crippen LogP contribution in [0.3, 0.4) is 0 Å². The molecule has 10 heteroatoms. The summed E-state index contributed by atoms with van der Waals surface area (Å²) < 4.78 is 27.1. The molecule has 28 heavy (non-hydrogen) atoms. The molecule has 5 atom stereocenters. The second kappa shape index (κ2) is 9.83. The van der Waals surface area contributed by atoms with E-state index in [9.17, 15) is 19.2 Å². The molecule has 10 nitrogen and oxygen atoms in total. The van der Waals surface area contributed by atoms with E-state index in [0.29, 0.717) is 13.1 Å². The van der Waals surface area contributed by atoms with Gasteiger partial charge in [-0.15, -0.1) is 0 Å². The molecule has 0 amide bonds. The Kier molecular flexibility index (Phi) is 7.76. The van der Waals surface area contributed by atoms with Crippen molar-refractivity contribution >= 4 is 23.9 Å². The van der Waals surface area contributed by atoms with Gasteiger partial charge in [0, 0.05) is 27.7 Å². The van der Waals surface area contributed by atoms with Gasteiger partial charge in [-0.1, -0.05) is 0 Å². The first kappa shape index (κ1) is 22.1. The summed E-state index contributed by atoms with van der Waals surface area (Å²) in [6, 6.07) is -0.659.